The summed E-state index contributed by atoms with van der Waals surface area (Å²) in [6.07, 6.45) is 2.57. The lowest BCUT2D eigenvalue weighted by Crippen LogP contribution is -2.30. The van der Waals surface area contributed by atoms with Crippen LogP contribution in [0.5, 0.6) is 0 Å². The van der Waals surface area contributed by atoms with Gasteiger partial charge in [-0.25, -0.2) is 4.79 Å². The number of carbonyl (C=O) groups excluding carboxylic acids is 1. The van der Waals surface area contributed by atoms with E-state index in [2.05, 4.69) is 4.90 Å². The number of nitrogens with zero attached hydrogens (tertiary/aromatic N) is 1. The molecule has 1 aromatic carbocycles. The lowest BCUT2D eigenvalue weighted by molar-refractivity contribution is -0.153. The summed E-state index contributed by atoms with van der Waals surface area (Å²) in [6.45, 7) is 6.20. The van der Waals surface area contributed by atoms with Gasteiger partial charge in [0, 0.05) is 18.8 Å². The quantitative estimate of drug-likeness (QED) is 0.859. The van der Waals surface area contributed by atoms with Crippen molar-refractivity contribution in [1.29, 1.82) is 0 Å². The van der Waals surface area contributed by atoms with Crippen molar-refractivity contribution in [2.75, 3.05) is 24.6 Å². The first kappa shape index (κ1) is 14.9. The number of aliphatic hydroxyl groups excluding tert-OH is 1. The summed E-state index contributed by atoms with van der Waals surface area (Å²) in [5.74, 6) is -0.586. The van der Waals surface area contributed by atoms with E-state index in [1.807, 2.05) is 25.1 Å². The fourth-order valence-corrected chi connectivity index (χ4v) is 2.70. The maximum absolute atomic E-state index is 11.6. The number of benzene rings is 1. The largest absolute Gasteiger partial charge is 0.464 e. The molecule has 110 valence electrons. The zero-order valence-electron chi connectivity index (χ0n) is 12.3. The lowest BCUT2D eigenvalue weighted by Gasteiger charge is -2.30. The van der Waals surface area contributed by atoms with Gasteiger partial charge in [0.25, 0.3) is 0 Å². The second kappa shape index (κ2) is 6.75. The average Bonchev–Trinajstić information content (AvgIpc) is 2.47. The summed E-state index contributed by atoms with van der Waals surface area (Å²) in [5.41, 5.74) is 2.89. The molecule has 0 radical (unpaired) electrons. The molecule has 1 unspecified atom stereocenters. The van der Waals surface area contributed by atoms with Crippen LogP contribution < -0.4 is 4.90 Å². The molecule has 0 spiro atoms. The van der Waals surface area contributed by atoms with E-state index in [-0.39, 0.29) is 6.61 Å². The summed E-state index contributed by atoms with van der Waals surface area (Å²) in [7, 11) is 0. The van der Waals surface area contributed by atoms with Gasteiger partial charge in [-0.3, -0.25) is 0 Å². The Kier molecular flexibility index (Phi) is 5.01. The highest BCUT2D eigenvalue weighted by molar-refractivity contribution is 5.76. The highest BCUT2D eigenvalue weighted by Crippen LogP contribution is 2.27. The number of ether oxygens (including phenoxy) is 1. The zero-order valence-corrected chi connectivity index (χ0v) is 12.3. The molecule has 20 heavy (non-hydrogen) atoms. The maximum atomic E-state index is 11.6. The summed E-state index contributed by atoms with van der Waals surface area (Å²) in [6, 6.07) is 5.70. The molecule has 1 aliphatic rings. The molecule has 1 saturated heterocycles. The number of esters is 1. The van der Waals surface area contributed by atoms with Gasteiger partial charge in [0.2, 0.25) is 0 Å². The van der Waals surface area contributed by atoms with Crippen molar-refractivity contribution in [3.63, 3.8) is 0 Å². The van der Waals surface area contributed by atoms with E-state index in [9.17, 15) is 9.90 Å². The molecule has 0 saturated carbocycles. The van der Waals surface area contributed by atoms with Crippen LogP contribution in [0.3, 0.4) is 0 Å². The van der Waals surface area contributed by atoms with Crippen molar-refractivity contribution in [3.8, 4) is 0 Å². The van der Waals surface area contributed by atoms with E-state index in [0.29, 0.717) is 5.56 Å². The molecule has 1 N–H and O–H groups in total. The third-order valence-electron chi connectivity index (χ3n) is 3.74. The number of anilines is 1. The van der Waals surface area contributed by atoms with Crippen LogP contribution in [-0.4, -0.2) is 30.8 Å². The Bertz CT molecular complexity index is 467. The Morgan fingerprint density at radius 1 is 1.35 bits per heavy atom. The highest BCUT2D eigenvalue weighted by Gasteiger charge is 2.20. The number of carbonyl (C=O) groups is 1. The van der Waals surface area contributed by atoms with Crippen molar-refractivity contribution >= 4 is 11.7 Å². The Labute approximate surface area is 120 Å². The van der Waals surface area contributed by atoms with Crippen molar-refractivity contribution in [2.24, 2.45) is 0 Å². The number of aryl methyl sites for hydroxylation is 1. The summed E-state index contributed by atoms with van der Waals surface area (Å²) >= 11 is 0. The second-order valence-corrected chi connectivity index (χ2v) is 5.25. The minimum Gasteiger partial charge on any atom is -0.464 e. The van der Waals surface area contributed by atoms with E-state index in [4.69, 9.17) is 4.74 Å². The molecule has 1 fully saturated rings. The SMILES string of the molecule is CCOC(=O)C(O)c1ccc(N2CCCCC2)c(C)c1. The zero-order chi connectivity index (χ0) is 14.5. The standard InChI is InChI=1S/C16H23NO3/c1-3-20-16(19)15(18)13-7-8-14(12(2)11-13)17-9-5-4-6-10-17/h7-8,11,15,18H,3-6,9-10H2,1-2H3. The monoisotopic (exact) mass is 277 g/mol. The third kappa shape index (κ3) is 3.31. The molecule has 4 heteroatoms. The third-order valence-corrected chi connectivity index (χ3v) is 3.74. The molecule has 0 aliphatic carbocycles. The van der Waals surface area contributed by atoms with Crippen LogP contribution in [0.1, 0.15) is 43.4 Å². The number of hydrogen-bond donors (Lipinski definition) is 1. The van der Waals surface area contributed by atoms with Crippen LogP contribution in [0.2, 0.25) is 0 Å². The van der Waals surface area contributed by atoms with E-state index in [1.165, 1.54) is 24.9 Å². The number of aliphatic hydroxyl groups is 1. The first-order valence-corrected chi connectivity index (χ1v) is 7.33. The van der Waals surface area contributed by atoms with Crippen LogP contribution in [-0.2, 0) is 9.53 Å². The summed E-state index contributed by atoms with van der Waals surface area (Å²) < 4.78 is 4.85. The van der Waals surface area contributed by atoms with E-state index >= 15 is 0 Å². The first-order valence-electron chi connectivity index (χ1n) is 7.33. The van der Waals surface area contributed by atoms with Crippen LogP contribution >= 0.6 is 0 Å². The molecule has 0 bridgehead atoms. The number of rotatable bonds is 4. The number of hydrogen-bond acceptors (Lipinski definition) is 4. The predicted octanol–water partition coefficient (Wildman–Crippen LogP) is 2.58. The number of piperidine rings is 1. The van der Waals surface area contributed by atoms with Crippen molar-refractivity contribution in [1.82, 2.24) is 0 Å². The molecule has 2 rings (SSSR count). The van der Waals surface area contributed by atoms with Gasteiger partial charge in [0.15, 0.2) is 6.10 Å². The van der Waals surface area contributed by atoms with Crippen LogP contribution in [0, 0.1) is 6.92 Å². The molecule has 1 aromatic rings. The fourth-order valence-electron chi connectivity index (χ4n) is 2.70. The van der Waals surface area contributed by atoms with Crippen molar-refractivity contribution in [3.05, 3.63) is 29.3 Å². The Morgan fingerprint density at radius 3 is 2.65 bits per heavy atom. The van der Waals surface area contributed by atoms with Crippen molar-refractivity contribution in [2.45, 2.75) is 39.2 Å². The smallest absolute Gasteiger partial charge is 0.339 e. The summed E-state index contributed by atoms with van der Waals surface area (Å²) in [4.78, 5) is 13.9. The molecule has 1 aliphatic heterocycles. The fraction of sp³-hybridized carbons (Fsp3) is 0.562. The molecule has 0 amide bonds. The second-order valence-electron chi connectivity index (χ2n) is 5.25. The molecule has 4 nitrogen and oxygen atoms in total. The normalized spacial score (nSPS) is 16.9. The van der Waals surface area contributed by atoms with Gasteiger partial charge in [-0.15, -0.1) is 0 Å². The van der Waals surface area contributed by atoms with Gasteiger partial charge in [-0.05, 0) is 50.3 Å². The lowest BCUT2D eigenvalue weighted by atomic mass is 10.0. The molecule has 1 heterocycles. The van der Waals surface area contributed by atoms with Crippen LogP contribution in [0.4, 0.5) is 5.69 Å². The van der Waals surface area contributed by atoms with Gasteiger partial charge in [-0.2, -0.15) is 0 Å². The maximum Gasteiger partial charge on any atom is 0.339 e. The van der Waals surface area contributed by atoms with Crippen molar-refractivity contribution < 1.29 is 14.6 Å². The van der Waals surface area contributed by atoms with E-state index < -0.39 is 12.1 Å². The Hall–Kier alpha value is -1.55. The molecule has 1 atom stereocenters. The molecular formula is C16H23NO3. The van der Waals surface area contributed by atoms with E-state index in [0.717, 1.165) is 18.7 Å². The Morgan fingerprint density at radius 2 is 2.05 bits per heavy atom. The van der Waals surface area contributed by atoms with Gasteiger partial charge in [0.05, 0.1) is 6.61 Å². The van der Waals surface area contributed by atoms with Gasteiger partial charge in [-0.1, -0.05) is 12.1 Å². The topological polar surface area (TPSA) is 49.8 Å². The summed E-state index contributed by atoms with van der Waals surface area (Å²) in [5, 5.41) is 9.96. The minimum atomic E-state index is -1.19. The van der Waals surface area contributed by atoms with Crippen LogP contribution in [0.25, 0.3) is 0 Å². The van der Waals surface area contributed by atoms with Gasteiger partial charge < -0.3 is 14.7 Å². The Balaban J connectivity index is 2.14. The van der Waals surface area contributed by atoms with E-state index in [1.54, 1.807) is 6.92 Å². The average molecular weight is 277 g/mol. The highest BCUT2D eigenvalue weighted by atomic mass is 16.5. The minimum absolute atomic E-state index is 0.279. The first-order chi connectivity index (χ1) is 9.63. The van der Waals surface area contributed by atoms with Gasteiger partial charge in [0.1, 0.15) is 0 Å². The molecule has 0 aromatic heterocycles. The molecular weight excluding hydrogens is 254 g/mol. The van der Waals surface area contributed by atoms with Crippen LogP contribution in [0.15, 0.2) is 18.2 Å². The predicted molar refractivity (Wildman–Crippen MR) is 78.8 cm³/mol. The van der Waals surface area contributed by atoms with Gasteiger partial charge >= 0.3 is 5.97 Å².